The Balaban J connectivity index is 3.26. The van der Waals surface area contributed by atoms with Crippen LogP contribution in [0.2, 0.25) is 0 Å². The Morgan fingerprint density at radius 3 is 2.42 bits per heavy atom. The highest BCUT2D eigenvalue weighted by Crippen LogP contribution is 2.29. The Hall–Kier alpha value is 0.390. The molecule has 0 spiro atoms. The minimum absolute atomic E-state index is 0.764. The van der Waals surface area contributed by atoms with Crippen molar-refractivity contribution in [2.45, 2.75) is 19.4 Å². The quantitative estimate of drug-likeness (QED) is 0.778. The molecule has 0 aromatic heterocycles. The van der Waals surface area contributed by atoms with E-state index < -0.39 is 5.60 Å². The Labute approximate surface area is 94.4 Å². The summed E-state index contributed by atoms with van der Waals surface area (Å²) in [4.78, 5) is 0. The summed E-state index contributed by atoms with van der Waals surface area (Å²) in [6.07, 6.45) is 0. The molecule has 0 bridgehead atoms. The Morgan fingerprint density at radius 2 is 2.00 bits per heavy atom. The zero-order chi connectivity index (χ0) is 9.35. The predicted octanol–water partition coefficient (Wildman–Crippen LogP) is 3.28. The average Bonchev–Trinajstić information content (AvgIpc) is 1.92. The van der Waals surface area contributed by atoms with E-state index in [0.29, 0.717) is 0 Å². The largest absolute Gasteiger partial charge is 0.386 e. The summed E-state index contributed by atoms with van der Waals surface area (Å²) in [5, 5.41) is 9.77. The van der Waals surface area contributed by atoms with Crippen molar-refractivity contribution in [3.05, 3.63) is 31.8 Å². The molecule has 0 amide bonds. The molecule has 0 heterocycles. The van der Waals surface area contributed by atoms with Crippen molar-refractivity contribution in [1.82, 2.24) is 0 Å². The van der Waals surface area contributed by atoms with Gasteiger partial charge in [-0.15, -0.1) is 0 Å². The van der Waals surface area contributed by atoms with E-state index in [0.717, 1.165) is 13.6 Å². The predicted molar refractivity (Wildman–Crippen MR) is 62.1 cm³/mol. The van der Waals surface area contributed by atoms with Gasteiger partial charge in [0.2, 0.25) is 0 Å². The summed E-state index contributed by atoms with van der Waals surface area (Å²) in [7, 11) is 0. The molecule has 1 rings (SSSR count). The van der Waals surface area contributed by atoms with Crippen molar-refractivity contribution in [2.75, 3.05) is 0 Å². The monoisotopic (exact) mass is 340 g/mol. The molecule has 0 aliphatic carbocycles. The molecular weight excluding hydrogens is 331 g/mol. The van der Waals surface area contributed by atoms with Gasteiger partial charge in [-0.05, 0) is 64.0 Å². The van der Waals surface area contributed by atoms with E-state index in [1.165, 1.54) is 0 Å². The summed E-state index contributed by atoms with van der Waals surface area (Å²) >= 11 is 5.64. The zero-order valence-electron chi connectivity index (χ0n) is 6.94. The van der Waals surface area contributed by atoms with Crippen LogP contribution in [-0.2, 0) is 5.60 Å². The van der Waals surface area contributed by atoms with Crippen LogP contribution in [0, 0.1) is 3.57 Å². The fourth-order valence-electron chi connectivity index (χ4n) is 0.976. The number of halogens is 2. The van der Waals surface area contributed by atoms with Crippen LogP contribution >= 0.6 is 38.5 Å². The first-order valence-electron chi connectivity index (χ1n) is 3.60. The van der Waals surface area contributed by atoms with E-state index >= 15 is 0 Å². The molecular formula is C9H10BrIO. The molecule has 0 atom stereocenters. The number of aliphatic hydroxyl groups is 1. The molecule has 0 saturated heterocycles. The van der Waals surface area contributed by atoms with E-state index in [1.807, 2.05) is 18.2 Å². The van der Waals surface area contributed by atoms with Gasteiger partial charge < -0.3 is 5.11 Å². The molecule has 12 heavy (non-hydrogen) atoms. The van der Waals surface area contributed by atoms with E-state index in [1.54, 1.807) is 13.8 Å². The molecule has 0 aliphatic heterocycles. The molecule has 0 fully saturated rings. The van der Waals surface area contributed by atoms with Crippen LogP contribution in [0.1, 0.15) is 19.4 Å². The zero-order valence-corrected chi connectivity index (χ0v) is 10.7. The van der Waals surface area contributed by atoms with E-state index in [2.05, 4.69) is 38.5 Å². The first-order valence-corrected chi connectivity index (χ1v) is 5.47. The highest BCUT2D eigenvalue weighted by molar-refractivity contribution is 14.1. The van der Waals surface area contributed by atoms with Crippen molar-refractivity contribution in [3.63, 3.8) is 0 Å². The van der Waals surface area contributed by atoms with Gasteiger partial charge >= 0.3 is 0 Å². The van der Waals surface area contributed by atoms with Crippen LogP contribution in [0.15, 0.2) is 22.7 Å². The lowest BCUT2D eigenvalue weighted by molar-refractivity contribution is 0.0776. The lowest BCUT2D eigenvalue weighted by Crippen LogP contribution is -2.17. The van der Waals surface area contributed by atoms with Crippen LogP contribution in [0.4, 0.5) is 0 Å². The summed E-state index contributed by atoms with van der Waals surface area (Å²) < 4.78 is 2.10. The molecule has 0 saturated carbocycles. The number of rotatable bonds is 1. The maximum absolute atomic E-state index is 9.77. The van der Waals surface area contributed by atoms with Gasteiger partial charge in [-0.3, -0.25) is 0 Å². The molecule has 0 aliphatic rings. The second kappa shape index (κ2) is 3.64. The third kappa shape index (κ3) is 2.20. The Kier molecular flexibility index (Phi) is 3.17. The highest BCUT2D eigenvalue weighted by atomic mass is 127. The first-order chi connectivity index (χ1) is 5.43. The van der Waals surface area contributed by atoms with Gasteiger partial charge in [-0.1, -0.05) is 12.1 Å². The lowest BCUT2D eigenvalue weighted by Gasteiger charge is -2.19. The summed E-state index contributed by atoms with van der Waals surface area (Å²) in [5.41, 5.74) is 0.192. The van der Waals surface area contributed by atoms with Crippen LogP contribution in [0.3, 0.4) is 0 Å². The van der Waals surface area contributed by atoms with Crippen molar-refractivity contribution in [1.29, 1.82) is 0 Å². The maximum atomic E-state index is 9.77. The van der Waals surface area contributed by atoms with Crippen LogP contribution < -0.4 is 0 Å². The fraction of sp³-hybridized carbons (Fsp3) is 0.333. The van der Waals surface area contributed by atoms with E-state index in [-0.39, 0.29) is 0 Å². The normalized spacial score (nSPS) is 11.8. The number of hydrogen-bond acceptors (Lipinski definition) is 1. The Morgan fingerprint density at radius 1 is 1.42 bits per heavy atom. The SMILES string of the molecule is CC(C)(O)c1cccc(Br)c1I. The van der Waals surface area contributed by atoms with Gasteiger partial charge in [0.15, 0.2) is 0 Å². The second-order valence-corrected chi connectivity index (χ2v) is 5.09. The topological polar surface area (TPSA) is 20.2 Å². The van der Waals surface area contributed by atoms with Crippen LogP contribution in [0.5, 0.6) is 0 Å². The first kappa shape index (κ1) is 10.5. The second-order valence-electron chi connectivity index (χ2n) is 3.16. The minimum Gasteiger partial charge on any atom is -0.386 e. The van der Waals surface area contributed by atoms with Crippen molar-refractivity contribution < 1.29 is 5.11 Å². The maximum Gasteiger partial charge on any atom is 0.0851 e. The number of hydrogen-bond donors (Lipinski definition) is 1. The molecule has 0 unspecified atom stereocenters. The molecule has 3 heteroatoms. The molecule has 0 radical (unpaired) electrons. The third-order valence-corrected chi connectivity index (χ3v) is 4.17. The van der Waals surface area contributed by atoms with Gasteiger partial charge in [-0.2, -0.15) is 0 Å². The summed E-state index contributed by atoms with van der Waals surface area (Å²) in [5.74, 6) is 0. The average molecular weight is 341 g/mol. The van der Waals surface area contributed by atoms with Crippen LogP contribution in [0.25, 0.3) is 0 Å². The van der Waals surface area contributed by atoms with Crippen LogP contribution in [-0.4, -0.2) is 5.11 Å². The summed E-state index contributed by atoms with van der Waals surface area (Å²) in [6.45, 7) is 3.58. The molecule has 1 nitrogen and oxygen atoms in total. The fourth-order valence-corrected chi connectivity index (χ4v) is 2.36. The molecule has 66 valence electrons. The smallest absolute Gasteiger partial charge is 0.0851 e. The lowest BCUT2D eigenvalue weighted by atomic mass is 9.99. The van der Waals surface area contributed by atoms with E-state index in [4.69, 9.17) is 0 Å². The van der Waals surface area contributed by atoms with Crippen molar-refractivity contribution in [3.8, 4) is 0 Å². The Bertz CT molecular complexity index is 291. The van der Waals surface area contributed by atoms with Gasteiger partial charge in [0.25, 0.3) is 0 Å². The summed E-state index contributed by atoms with van der Waals surface area (Å²) in [6, 6.07) is 5.84. The standard InChI is InChI=1S/C9H10BrIO/c1-9(2,12)6-4-3-5-7(10)8(6)11/h3-5,12H,1-2H3. The van der Waals surface area contributed by atoms with Gasteiger partial charge in [0.05, 0.1) is 5.60 Å². The van der Waals surface area contributed by atoms with E-state index in [9.17, 15) is 5.11 Å². The van der Waals surface area contributed by atoms with Crippen molar-refractivity contribution >= 4 is 38.5 Å². The van der Waals surface area contributed by atoms with Gasteiger partial charge in [-0.25, -0.2) is 0 Å². The third-order valence-electron chi connectivity index (χ3n) is 1.61. The van der Waals surface area contributed by atoms with Crippen molar-refractivity contribution in [2.24, 2.45) is 0 Å². The molecule has 1 aromatic rings. The van der Waals surface area contributed by atoms with Gasteiger partial charge in [0, 0.05) is 8.04 Å². The number of benzene rings is 1. The van der Waals surface area contributed by atoms with Gasteiger partial charge in [0.1, 0.15) is 0 Å². The molecule has 1 N–H and O–H groups in total. The molecule has 1 aromatic carbocycles. The highest BCUT2D eigenvalue weighted by Gasteiger charge is 2.19. The minimum atomic E-state index is -0.764.